The zero-order valence-electron chi connectivity index (χ0n) is 9.61. The van der Waals surface area contributed by atoms with E-state index in [4.69, 9.17) is 4.74 Å². The molecule has 1 aliphatic heterocycles. The Labute approximate surface area is 93.4 Å². The number of aliphatic hydroxyl groups is 1. The van der Waals surface area contributed by atoms with Crippen molar-refractivity contribution in [1.82, 2.24) is 0 Å². The van der Waals surface area contributed by atoms with Gasteiger partial charge in [0.1, 0.15) is 5.60 Å². The van der Waals surface area contributed by atoms with Crippen LogP contribution in [0.3, 0.4) is 0 Å². The van der Waals surface area contributed by atoms with Crippen molar-refractivity contribution >= 4 is 11.9 Å². The number of hydrogen-bond acceptors (Lipinski definition) is 4. The van der Waals surface area contributed by atoms with Crippen LogP contribution in [0.25, 0.3) is 0 Å². The molecular formula is C11H16O5. The zero-order valence-corrected chi connectivity index (χ0v) is 9.61. The Bertz CT molecular complexity index is 375. The molecule has 0 aromatic rings. The fraction of sp³-hybridized carbons (Fsp3) is 0.818. The van der Waals surface area contributed by atoms with E-state index in [0.717, 1.165) is 0 Å². The molecule has 2 fully saturated rings. The van der Waals surface area contributed by atoms with E-state index in [1.54, 1.807) is 20.8 Å². The first-order valence-electron chi connectivity index (χ1n) is 5.35. The van der Waals surface area contributed by atoms with Gasteiger partial charge in [0, 0.05) is 5.41 Å². The molecule has 1 aliphatic carbocycles. The van der Waals surface area contributed by atoms with Gasteiger partial charge in [-0.2, -0.15) is 0 Å². The highest BCUT2D eigenvalue weighted by atomic mass is 16.6. The van der Waals surface area contributed by atoms with Gasteiger partial charge in [-0.3, -0.25) is 9.59 Å². The maximum absolute atomic E-state index is 11.9. The molecule has 1 heterocycles. The number of aliphatic hydroxyl groups excluding tert-OH is 1. The molecule has 5 heteroatoms. The summed E-state index contributed by atoms with van der Waals surface area (Å²) in [6.07, 6.45) is -0.399. The lowest BCUT2D eigenvalue weighted by Gasteiger charge is -2.48. The standard InChI is InChI=1S/C11H16O5/c1-9(2)10(3)6(12)4-5-11(9,7(13)14)8(15)16-10/h6,12H,4-5H2,1-3H3,(H,13,14). The number of fused-ring (bicyclic) bond motifs is 2. The van der Waals surface area contributed by atoms with Crippen molar-refractivity contribution in [3.8, 4) is 0 Å². The first-order valence-corrected chi connectivity index (χ1v) is 5.35. The van der Waals surface area contributed by atoms with Crippen LogP contribution in [0.15, 0.2) is 0 Å². The maximum Gasteiger partial charge on any atom is 0.324 e. The molecule has 0 amide bonds. The topological polar surface area (TPSA) is 83.8 Å². The predicted octanol–water partition coefficient (Wildman–Crippen LogP) is 0.554. The second-order valence-corrected chi connectivity index (χ2v) is 5.39. The van der Waals surface area contributed by atoms with Crippen LogP contribution in [0, 0.1) is 10.8 Å². The van der Waals surface area contributed by atoms with Crippen LogP contribution in [0.2, 0.25) is 0 Å². The van der Waals surface area contributed by atoms with E-state index < -0.39 is 34.5 Å². The molecule has 2 aliphatic rings. The fourth-order valence-electron chi connectivity index (χ4n) is 3.08. The average molecular weight is 228 g/mol. The van der Waals surface area contributed by atoms with Gasteiger partial charge in [0.05, 0.1) is 6.10 Å². The Morgan fingerprint density at radius 2 is 2.00 bits per heavy atom. The number of carbonyl (C=O) groups is 2. The SMILES string of the molecule is CC12OC(=O)C(C(=O)O)(CCC1O)C2(C)C. The molecule has 16 heavy (non-hydrogen) atoms. The number of esters is 1. The number of ether oxygens (including phenoxy) is 1. The van der Waals surface area contributed by atoms with Gasteiger partial charge in [-0.1, -0.05) is 13.8 Å². The van der Waals surface area contributed by atoms with Crippen LogP contribution in [-0.2, 0) is 14.3 Å². The Kier molecular flexibility index (Phi) is 1.97. The van der Waals surface area contributed by atoms with Crippen LogP contribution in [-0.4, -0.2) is 33.9 Å². The molecule has 1 saturated heterocycles. The zero-order chi connectivity index (χ0) is 12.4. The highest BCUT2D eigenvalue weighted by molar-refractivity contribution is 6.02. The minimum atomic E-state index is -1.51. The van der Waals surface area contributed by atoms with Crippen LogP contribution in [0.4, 0.5) is 0 Å². The van der Waals surface area contributed by atoms with Crippen molar-refractivity contribution in [3.63, 3.8) is 0 Å². The molecule has 2 bridgehead atoms. The number of aliphatic carboxylic acids is 1. The van der Waals surface area contributed by atoms with E-state index in [-0.39, 0.29) is 12.8 Å². The van der Waals surface area contributed by atoms with Crippen LogP contribution < -0.4 is 0 Å². The van der Waals surface area contributed by atoms with Crippen LogP contribution >= 0.6 is 0 Å². The van der Waals surface area contributed by atoms with Gasteiger partial charge in [-0.25, -0.2) is 0 Å². The van der Waals surface area contributed by atoms with Gasteiger partial charge < -0.3 is 14.9 Å². The summed E-state index contributed by atoms with van der Waals surface area (Å²) in [5.41, 5.74) is -3.54. The average Bonchev–Trinajstić information content (AvgIpc) is 2.25. The third kappa shape index (κ3) is 0.867. The molecule has 2 N–H and O–H groups in total. The number of carboxylic acid groups (broad SMARTS) is 1. The van der Waals surface area contributed by atoms with Crippen molar-refractivity contribution in [2.45, 2.75) is 45.3 Å². The third-order valence-corrected chi connectivity index (χ3v) is 4.75. The van der Waals surface area contributed by atoms with Gasteiger partial charge in [0.25, 0.3) is 0 Å². The summed E-state index contributed by atoms with van der Waals surface area (Å²) in [7, 11) is 0. The Hall–Kier alpha value is -1.10. The summed E-state index contributed by atoms with van der Waals surface area (Å²) >= 11 is 0. The fourth-order valence-corrected chi connectivity index (χ4v) is 3.08. The van der Waals surface area contributed by atoms with Gasteiger partial charge in [-0.05, 0) is 19.8 Å². The number of rotatable bonds is 1. The molecule has 0 spiro atoms. The molecule has 2 rings (SSSR count). The summed E-state index contributed by atoms with van der Waals surface area (Å²) in [5.74, 6) is -1.87. The van der Waals surface area contributed by atoms with Crippen molar-refractivity contribution in [3.05, 3.63) is 0 Å². The molecular weight excluding hydrogens is 212 g/mol. The second kappa shape index (κ2) is 2.77. The largest absolute Gasteiger partial charge is 0.480 e. The first kappa shape index (κ1) is 11.4. The molecule has 0 radical (unpaired) electrons. The van der Waals surface area contributed by atoms with E-state index in [1.165, 1.54) is 0 Å². The molecule has 5 nitrogen and oxygen atoms in total. The summed E-state index contributed by atoms with van der Waals surface area (Å²) in [5, 5.41) is 19.3. The summed E-state index contributed by atoms with van der Waals surface area (Å²) in [6.45, 7) is 4.96. The van der Waals surface area contributed by atoms with Gasteiger partial charge in [-0.15, -0.1) is 0 Å². The van der Waals surface area contributed by atoms with Crippen LogP contribution in [0.1, 0.15) is 33.6 Å². The Morgan fingerprint density at radius 1 is 1.44 bits per heavy atom. The van der Waals surface area contributed by atoms with Gasteiger partial charge in [0.2, 0.25) is 0 Å². The summed E-state index contributed by atoms with van der Waals surface area (Å²) in [6, 6.07) is 0. The molecule has 0 aromatic heterocycles. The van der Waals surface area contributed by atoms with E-state index in [9.17, 15) is 19.8 Å². The van der Waals surface area contributed by atoms with Gasteiger partial charge >= 0.3 is 11.9 Å². The summed E-state index contributed by atoms with van der Waals surface area (Å²) < 4.78 is 5.20. The number of carboxylic acids is 1. The number of carbonyl (C=O) groups excluding carboxylic acids is 1. The van der Waals surface area contributed by atoms with E-state index in [1.807, 2.05) is 0 Å². The van der Waals surface area contributed by atoms with E-state index in [2.05, 4.69) is 0 Å². The first-order chi connectivity index (χ1) is 7.20. The summed E-state index contributed by atoms with van der Waals surface area (Å²) in [4.78, 5) is 23.3. The molecule has 3 atom stereocenters. The van der Waals surface area contributed by atoms with Crippen molar-refractivity contribution < 1.29 is 24.5 Å². The van der Waals surface area contributed by atoms with Crippen LogP contribution in [0.5, 0.6) is 0 Å². The highest BCUT2D eigenvalue weighted by Crippen LogP contribution is 2.62. The Balaban J connectivity index is 2.64. The molecule has 1 saturated carbocycles. The predicted molar refractivity (Wildman–Crippen MR) is 53.6 cm³/mol. The maximum atomic E-state index is 11.9. The van der Waals surface area contributed by atoms with E-state index in [0.29, 0.717) is 0 Å². The minimum absolute atomic E-state index is 0.130. The van der Waals surface area contributed by atoms with Crippen molar-refractivity contribution in [2.24, 2.45) is 10.8 Å². The number of hydrogen-bond donors (Lipinski definition) is 2. The lowest BCUT2D eigenvalue weighted by atomic mass is 9.53. The van der Waals surface area contributed by atoms with E-state index >= 15 is 0 Å². The monoisotopic (exact) mass is 228 g/mol. The van der Waals surface area contributed by atoms with Gasteiger partial charge in [0.15, 0.2) is 5.41 Å². The molecule has 3 unspecified atom stereocenters. The lowest BCUT2D eigenvalue weighted by molar-refractivity contribution is -0.171. The van der Waals surface area contributed by atoms with Crippen molar-refractivity contribution in [1.29, 1.82) is 0 Å². The van der Waals surface area contributed by atoms with Crippen molar-refractivity contribution in [2.75, 3.05) is 0 Å². The highest BCUT2D eigenvalue weighted by Gasteiger charge is 2.76. The third-order valence-electron chi connectivity index (χ3n) is 4.75. The second-order valence-electron chi connectivity index (χ2n) is 5.39. The smallest absolute Gasteiger partial charge is 0.324 e. The Morgan fingerprint density at radius 3 is 2.50 bits per heavy atom. The molecule has 90 valence electrons. The minimum Gasteiger partial charge on any atom is -0.480 e. The lowest BCUT2D eigenvalue weighted by Crippen LogP contribution is -2.60. The molecule has 0 aromatic carbocycles. The quantitative estimate of drug-likeness (QED) is 0.506. The normalized spacial score (nSPS) is 45.2.